The van der Waals surface area contributed by atoms with Crippen LogP contribution in [0.25, 0.3) is 0 Å². The van der Waals surface area contributed by atoms with Gasteiger partial charge in [-0.1, -0.05) is 26.7 Å². The van der Waals surface area contributed by atoms with Gasteiger partial charge < -0.3 is 5.32 Å². The zero-order chi connectivity index (χ0) is 13.0. The Bertz CT molecular complexity index is 356. The number of nitrogens with one attached hydrogen (secondary N) is 1. The lowest BCUT2D eigenvalue weighted by Gasteiger charge is -2.19. The second kappa shape index (κ2) is 6.58. The zero-order valence-electron chi connectivity index (χ0n) is 11.4. The Kier molecular flexibility index (Phi) is 5.07. The highest BCUT2D eigenvalue weighted by atomic mass is 35.5. The average molecular weight is 270 g/mol. The molecule has 0 saturated heterocycles. The van der Waals surface area contributed by atoms with Gasteiger partial charge in [0.1, 0.15) is 0 Å². The van der Waals surface area contributed by atoms with Crippen LogP contribution >= 0.6 is 11.6 Å². The van der Waals surface area contributed by atoms with E-state index in [1.807, 2.05) is 0 Å². The Labute approximate surface area is 115 Å². The molecule has 1 N–H and O–H groups in total. The minimum atomic E-state index is 0.364. The molecule has 0 radical (unpaired) electrons. The molecule has 18 heavy (non-hydrogen) atoms. The largest absolute Gasteiger partial charge is 0.307 e. The summed E-state index contributed by atoms with van der Waals surface area (Å²) in [4.78, 5) is 0. The van der Waals surface area contributed by atoms with Crippen LogP contribution in [-0.4, -0.2) is 21.7 Å². The van der Waals surface area contributed by atoms with E-state index in [0.29, 0.717) is 23.9 Å². The third-order valence-electron chi connectivity index (χ3n) is 3.88. The lowest BCUT2D eigenvalue weighted by atomic mass is 10.1. The molecule has 0 aromatic carbocycles. The minimum absolute atomic E-state index is 0.364. The molecule has 1 heterocycles. The zero-order valence-corrected chi connectivity index (χ0v) is 12.2. The van der Waals surface area contributed by atoms with Crippen LogP contribution in [0.4, 0.5) is 0 Å². The van der Waals surface area contributed by atoms with Gasteiger partial charge in [0.25, 0.3) is 0 Å². The molecule has 102 valence electrons. The van der Waals surface area contributed by atoms with Crippen molar-refractivity contribution >= 4 is 11.6 Å². The van der Waals surface area contributed by atoms with Gasteiger partial charge in [-0.2, -0.15) is 5.10 Å². The summed E-state index contributed by atoms with van der Waals surface area (Å²) in [5.41, 5.74) is 1.12. The standard InChI is InChI=1S/C14H24ClN3/c1-11(2)14(9-15)16-10-12-7-8-18(17-12)13-5-3-4-6-13/h7-8,11,13-14,16H,3-6,9-10H2,1-2H3. The molecule has 1 saturated carbocycles. The van der Waals surface area contributed by atoms with Gasteiger partial charge in [-0.3, -0.25) is 4.68 Å². The van der Waals surface area contributed by atoms with Crippen LogP contribution < -0.4 is 5.32 Å². The van der Waals surface area contributed by atoms with Crippen molar-refractivity contribution in [2.75, 3.05) is 5.88 Å². The number of nitrogens with zero attached hydrogens (tertiary/aromatic N) is 2. The fourth-order valence-corrected chi connectivity index (χ4v) is 3.01. The van der Waals surface area contributed by atoms with E-state index < -0.39 is 0 Å². The quantitative estimate of drug-likeness (QED) is 0.803. The number of hydrogen-bond donors (Lipinski definition) is 1. The van der Waals surface area contributed by atoms with E-state index in [1.165, 1.54) is 25.7 Å². The summed E-state index contributed by atoms with van der Waals surface area (Å²) in [5, 5.41) is 8.15. The first kappa shape index (κ1) is 13.9. The highest BCUT2D eigenvalue weighted by molar-refractivity contribution is 6.18. The molecule has 1 aromatic rings. The first-order chi connectivity index (χ1) is 8.70. The van der Waals surface area contributed by atoms with Gasteiger partial charge in [0.2, 0.25) is 0 Å². The van der Waals surface area contributed by atoms with Gasteiger partial charge in [-0.05, 0) is 24.8 Å². The van der Waals surface area contributed by atoms with E-state index in [4.69, 9.17) is 11.6 Å². The van der Waals surface area contributed by atoms with Crippen LogP contribution in [0.2, 0.25) is 0 Å². The molecule has 1 atom stereocenters. The summed E-state index contributed by atoms with van der Waals surface area (Å²) >= 11 is 5.95. The van der Waals surface area contributed by atoms with Crippen molar-refractivity contribution in [2.24, 2.45) is 5.92 Å². The Morgan fingerprint density at radius 2 is 2.17 bits per heavy atom. The first-order valence-corrected chi connectivity index (χ1v) is 7.57. The van der Waals surface area contributed by atoms with Crippen molar-refractivity contribution in [3.63, 3.8) is 0 Å². The van der Waals surface area contributed by atoms with Crippen molar-refractivity contribution in [1.29, 1.82) is 0 Å². The summed E-state index contributed by atoms with van der Waals surface area (Å²) in [5.74, 6) is 1.21. The number of hydrogen-bond acceptors (Lipinski definition) is 2. The van der Waals surface area contributed by atoms with Crippen molar-refractivity contribution in [3.05, 3.63) is 18.0 Å². The third-order valence-corrected chi connectivity index (χ3v) is 4.21. The predicted octanol–water partition coefficient (Wildman–Crippen LogP) is 3.35. The Morgan fingerprint density at radius 3 is 2.78 bits per heavy atom. The van der Waals surface area contributed by atoms with Crippen LogP contribution in [0.15, 0.2) is 12.3 Å². The van der Waals surface area contributed by atoms with Gasteiger partial charge >= 0.3 is 0 Å². The molecular formula is C14H24ClN3. The molecule has 1 fully saturated rings. The van der Waals surface area contributed by atoms with E-state index in [0.717, 1.165) is 12.2 Å². The second-order valence-corrected chi connectivity index (χ2v) is 5.92. The van der Waals surface area contributed by atoms with Crippen molar-refractivity contribution < 1.29 is 0 Å². The fraction of sp³-hybridized carbons (Fsp3) is 0.786. The lowest BCUT2D eigenvalue weighted by Crippen LogP contribution is -2.35. The third kappa shape index (κ3) is 3.48. The van der Waals surface area contributed by atoms with E-state index in [2.05, 4.69) is 41.2 Å². The minimum Gasteiger partial charge on any atom is -0.307 e. The number of alkyl halides is 1. The van der Waals surface area contributed by atoms with E-state index in [1.54, 1.807) is 0 Å². The van der Waals surface area contributed by atoms with Crippen LogP contribution in [-0.2, 0) is 6.54 Å². The topological polar surface area (TPSA) is 29.9 Å². The summed E-state index contributed by atoms with van der Waals surface area (Å²) < 4.78 is 2.15. The maximum absolute atomic E-state index is 5.95. The van der Waals surface area contributed by atoms with E-state index in [-0.39, 0.29) is 0 Å². The highest BCUT2D eigenvalue weighted by Crippen LogP contribution is 2.28. The number of aromatic nitrogens is 2. The predicted molar refractivity (Wildman–Crippen MR) is 75.9 cm³/mol. The molecule has 3 nitrogen and oxygen atoms in total. The molecule has 1 aliphatic rings. The molecule has 1 aromatic heterocycles. The molecule has 0 aliphatic heterocycles. The van der Waals surface area contributed by atoms with Crippen LogP contribution in [0, 0.1) is 5.92 Å². The summed E-state index contributed by atoms with van der Waals surface area (Å²) in [7, 11) is 0. The molecule has 1 aliphatic carbocycles. The SMILES string of the molecule is CC(C)C(CCl)NCc1ccn(C2CCCC2)n1. The van der Waals surface area contributed by atoms with Gasteiger partial charge in [-0.25, -0.2) is 0 Å². The summed E-state index contributed by atoms with van der Waals surface area (Å²) in [6.07, 6.45) is 7.38. The Morgan fingerprint density at radius 1 is 1.44 bits per heavy atom. The molecule has 2 rings (SSSR count). The van der Waals surface area contributed by atoms with E-state index in [9.17, 15) is 0 Å². The van der Waals surface area contributed by atoms with Gasteiger partial charge in [0.05, 0.1) is 11.7 Å². The Balaban J connectivity index is 1.86. The fourth-order valence-electron chi connectivity index (χ4n) is 2.55. The molecule has 1 unspecified atom stereocenters. The maximum Gasteiger partial charge on any atom is 0.0762 e. The van der Waals surface area contributed by atoms with Crippen molar-refractivity contribution in [2.45, 2.75) is 58.2 Å². The maximum atomic E-state index is 5.95. The molecular weight excluding hydrogens is 246 g/mol. The second-order valence-electron chi connectivity index (χ2n) is 5.61. The normalized spacial score (nSPS) is 18.7. The average Bonchev–Trinajstić information content (AvgIpc) is 2.99. The molecule has 0 spiro atoms. The Hall–Kier alpha value is -0.540. The van der Waals surface area contributed by atoms with Crippen molar-refractivity contribution in [3.8, 4) is 0 Å². The van der Waals surface area contributed by atoms with Crippen molar-refractivity contribution in [1.82, 2.24) is 15.1 Å². The molecule has 4 heteroatoms. The summed E-state index contributed by atoms with van der Waals surface area (Å²) in [6.45, 7) is 5.20. The van der Waals surface area contributed by atoms with Gasteiger partial charge in [0.15, 0.2) is 0 Å². The van der Waals surface area contributed by atoms with Crippen LogP contribution in [0.5, 0.6) is 0 Å². The first-order valence-electron chi connectivity index (χ1n) is 7.04. The number of halogens is 1. The molecule has 0 bridgehead atoms. The summed E-state index contributed by atoms with van der Waals surface area (Å²) in [6, 6.07) is 3.12. The molecule has 0 amide bonds. The van der Waals surface area contributed by atoms with E-state index >= 15 is 0 Å². The lowest BCUT2D eigenvalue weighted by molar-refractivity contribution is 0.420. The highest BCUT2D eigenvalue weighted by Gasteiger charge is 2.18. The van der Waals surface area contributed by atoms with Gasteiger partial charge in [-0.15, -0.1) is 11.6 Å². The smallest absolute Gasteiger partial charge is 0.0762 e. The number of rotatable bonds is 6. The van der Waals surface area contributed by atoms with Gasteiger partial charge in [0, 0.05) is 24.7 Å². The monoisotopic (exact) mass is 269 g/mol. The van der Waals surface area contributed by atoms with Crippen LogP contribution in [0.1, 0.15) is 51.3 Å². The van der Waals surface area contributed by atoms with Crippen LogP contribution in [0.3, 0.4) is 0 Å².